The van der Waals surface area contributed by atoms with Gasteiger partial charge in [0, 0.05) is 28.8 Å². The third-order valence-corrected chi connectivity index (χ3v) is 5.47. The van der Waals surface area contributed by atoms with Crippen LogP contribution in [0.15, 0.2) is 65.3 Å². The Morgan fingerprint density at radius 1 is 1.06 bits per heavy atom. The van der Waals surface area contributed by atoms with Gasteiger partial charge in [-0.1, -0.05) is 30.3 Å². The fourth-order valence-corrected chi connectivity index (χ4v) is 4.03. The number of allylic oxidation sites excluding steroid dienone is 2. The van der Waals surface area contributed by atoms with Crippen molar-refractivity contribution in [2.45, 2.75) is 26.8 Å². The zero-order chi connectivity index (χ0) is 22.8. The van der Waals surface area contributed by atoms with E-state index in [-0.39, 0.29) is 11.3 Å². The maximum Gasteiger partial charge on any atom is 0.269 e. The molecule has 2 heterocycles. The molecule has 4 rings (SSSR count). The lowest BCUT2D eigenvalue weighted by Gasteiger charge is -2.16. The summed E-state index contributed by atoms with van der Waals surface area (Å²) in [6, 6.07) is 13.6. The first-order valence-corrected chi connectivity index (χ1v) is 10.3. The fourth-order valence-electron chi connectivity index (χ4n) is 4.03. The van der Waals surface area contributed by atoms with E-state index in [2.05, 4.69) is 9.97 Å². The molecule has 7 heteroatoms. The van der Waals surface area contributed by atoms with Crippen molar-refractivity contribution >= 4 is 33.3 Å². The number of rotatable bonds is 6. The molecule has 0 radical (unpaired) electrons. The first-order chi connectivity index (χ1) is 15.4. The summed E-state index contributed by atoms with van der Waals surface area (Å²) < 4.78 is 7.32. The molecule has 32 heavy (non-hydrogen) atoms. The number of hydrogen-bond acceptors (Lipinski definition) is 6. The van der Waals surface area contributed by atoms with E-state index in [0.717, 1.165) is 10.9 Å². The number of ketones is 1. The normalized spacial score (nSPS) is 12.1. The second-order valence-corrected chi connectivity index (χ2v) is 7.66. The first kappa shape index (κ1) is 21.2. The van der Waals surface area contributed by atoms with Gasteiger partial charge in [-0.15, -0.1) is 0 Å². The van der Waals surface area contributed by atoms with E-state index >= 15 is 0 Å². The van der Waals surface area contributed by atoms with E-state index in [9.17, 15) is 9.59 Å². The summed E-state index contributed by atoms with van der Waals surface area (Å²) in [4.78, 5) is 33.9. The van der Waals surface area contributed by atoms with Gasteiger partial charge in [-0.05, 0) is 38.0 Å². The zero-order valence-electron chi connectivity index (χ0n) is 18.3. The summed E-state index contributed by atoms with van der Waals surface area (Å²) in [5.41, 5.74) is 10.2. The summed E-state index contributed by atoms with van der Waals surface area (Å²) in [5, 5.41) is 0.721. The van der Waals surface area contributed by atoms with Crippen LogP contribution in [0.3, 0.4) is 0 Å². The molecule has 2 aromatic carbocycles. The second-order valence-electron chi connectivity index (χ2n) is 7.66. The number of carbonyl (C=O) groups is 1. The lowest BCUT2D eigenvalue weighted by Crippen LogP contribution is -2.22. The van der Waals surface area contributed by atoms with Crippen LogP contribution in [0, 0.1) is 0 Å². The fraction of sp³-hybridized carbons (Fsp3) is 0.200. The number of nitrogens with two attached hydrogens (primary N) is 1. The molecule has 0 saturated heterocycles. The Bertz CT molecular complexity index is 1420. The Balaban J connectivity index is 1.96. The Morgan fingerprint density at radius 3 is 2.44 bits per heavy atom. The van der Waals surface area contributed by atoms with Crippen molar-refractivity contribution in [3.63, 3.8) is 0 Å². The van der Waals surface area contributed by atoms with E-state index < -0.39 is 0 Å². The van der Waals surface area contributed by atoms with Crippen molar-refractivity contribution in [1.82, 2.24) is 14.5 Å². The monoisotopic (exact) mass is 428 g/mol. The zero-order valence-corrected chi connectivity index (χ0v) is 18.3. The van der Waals surface area contributed by atoms with E-state index in [1.54, 1.807) is 29.8 Å². The molecule has 162 valence electrons. The molecule has 0 aliphatic carbocycles. The minimum absolute atomic E-state index is 0.162. The van der Waals surface area contributed by atoms with Crippen molar-refractivity contribution in [1.29, 1.82) is 0 Å². The van der Waals surface area contributed by atoms with Crippen LogP contribution in [0.1, 0.15) is 25.0 Å². The minimum Gasteiger partial charge on any atom is -0.496 e. The summed E-state index contributed by atoms with van der Waals surface area (Å²) in [6.07, 6.45) is 3.65. The number of Topliss-reactive ketones (excluding diaryl/α,β-unsaturated/α-hetero) is 1. The molecule has 0 bridgehead atoms. The molecule has 7 nitrogen and oxygen atoms in total. The summed E-state index contributed by atoms with van der Waals surface area (Å²) in [7, 11) is 1.54. The summed E-state index contributed by atoms with van der Waals surface area (Å²) in [5.74, 6) is 0.317. The molecule has 0 spiro atoms. The van der Waals surface area contributed by atoms with Crippen LogP contribution in [-0.2, 0) is 17.8 Å². The lowest BCUT2D eigenvalue weighted by molar-refractivity contribution is -0.111. The lowest BCUT2D eigenvalue weighted by atomic mass is 9.97. The van der Waals surface area contributed by atoms with Crippen LogP contribution in [0.25, 0.3) is 27.5 Å². The third kappa shape index (κ3) is 3.85. The SMILES string of the molecule is COc1cc2c(cc1C(C(C)=O)=C(C)N)ncc1ncc(=O)n(CCc3ccccc3)c12. The van der Waals surface area contributed by atoms with Crippen molar-refractivity contribution < 1.29 is 9.53 Å². The topological polar surface area (TPSA) is 100 Å². The largest absolute Gasteiger partial charge is 0.496 e. The van der Waals surface area contributed by atoms with Crippen molar-refractivity contribution in [2.24, 2.45) is 5.73 Å². The Kier molecular flexibility index (Phi) is 5.73. The van der Waals surface area contributed by atoms with Gasteiger partial charge >= 0.3 is 0 Å². The van der Waals surface area contributed by atoms with E-state index in [0.29, 0.717) is 52.1 Å². The van der Waals surface area contributed by atoms with Crippen molar-refractivity contribution in [3.8, 4) is 5.75 Å². The van der Waals surface area contributed by atoms with E-state index in [1.807, 2.05) is 30.3 Å². The Morgan fingerprint density at radius 2 is 1.78 bits per heavy atom. The molecule has 0 amide bonds. The molecule has 2 aromatic heterocycles. The van der Waals surface area contributed by atoms with Crippen LogP contribution in [0.4, 0.5) is 0 Å². The first-order valence-electron chi connectivity index (χ1n) is 10.3. The Hall–Kier alpha value is -4.00. The standard InChI is InChI=1S/C25H24N4O3/c1-15(26)24(16(2)30)19-11-20-18(12-22(19)32-3)25-21(13-27-20)28-14-23(31)29(25)10-9-17-7-5-4-6-8-17/h4-8,11-14H,9-10,26H2,1-3H3. The highest BCUT2D eigenvalue weighted by Crippen LogP contribution is 2.34. The van der Waals surface area contributed by atoms with Gasteiger partial charge in [0.05, 0.1) is 30.5 Å². The van der Waals surface area contributed by atoms with Gasteiger partial charge in [0.15, 0.2) is 5.78 Å². The van der Waals surface area contributed by atoms with Gasteiger partial charge in [0.2, 0.25) is 0 Å². The smallest absolute Gasteiger partial charge is 0.269 e. The number of hydrogen-bond donors (Lipinski definition) is 1. The molecule has 0 aliphatic rings. The number of fused-ring (bicyclic) bond motifs is 3. The summed E-state index contributed by atoms with van der Waals surface area (Å²) >= 11 is 0. The number of aryl methyl sites for hydroxylation is 2. The summed E-state index contributed by atoms with van der Waals surface area (Å²) in [6.45, 7) is 3.64. The molecule has 2 N–H and O–H groups in total. The van der Waals surface area contributed by atoms with Crippen LogP contribution in [-0.4, -0.2) is 27.4 Å². The minimum atomic E-state index is -0.189. The molecular weight excluding hydrogens is 404 g/mol. The number of aromatic nitrogens is 3. The highest BCUT2D eigenvalue weighted by Gasteiger charge is 2.19. The second kappa shape index (κ2) is 8.63. The van der Waals surface area contributed by atoms with Gasteiger partial charge in [-0.25, -0.2) is 4.98 Å². The van der Waals surface area contributed by atoms with Gasteiger partial charge in [-0.2, -0.15) is 0 Å². The van der Waals surface area contributed by atoms with Gasteiger partial charge in [-0.3, -0.25) is 14.6 Å². The maximum absolute atomic E-state index is 12.8. The molecular formula is C25H24N4O3. The van der Waals surface area contributed by atoms with E-state index in [4.69, 9.17) is 10.5 Å². The number of methoxy groups -OCH3 is 1. The van der Waals surface area contributed by atoms with Crippen molar-refractivity contribution in [2.75, 3.05) is 7.11 Å². The number of pyridine rings is 1. The van der Waals surface area contributed by atoms with Crippen LogP contribution in [0.2, 0.25) is 0 Å². The average Bonchev–Trinajstić information content (AvgIpc) is 2.78. The molecule has 0 fully saturated rings. The molecule has 4 aromatic rings. The predicted molar refractivity (Wildman–Crippen MR) is 125 cm³/mol. The number of ether oxygens (including phenoxy) is 1. The van der Waals surface area contributed by atoms with Gasteiger partial charge in [0.25, 0.3) is 5.56 Å². The van der Waals surface area contributed by atoms with Gasteiger partial charge in [0.1, 0.15) is 11.3 Å². The predicted octanol–water partition coefficient (Wildman–Crippen LogP) is 3.47. The Labute approximate surface area is 185 Å². The molecule has 0 unspecified atom stereocenters. The molecule has 0 saturated carbocycles. The van der Waals surface area contributed by atoms with Crippen molar-refractivity contribution in [3.05, 3.63) is 82.0 Å². The number of carbonyl (C=O) groups excluding carboxylic acids is 1. The van der Waals surface area contributed by atoms with Crippen LogP contribution >= 0.6 is 0 Å². The van der Waals surface area contributed by atoms with E-state index in [1.165, 1.54) is 20.2 Å². The van der Waals surface area contributed by atoms with Gasteiger partial charge < -0.3 is 15.0 Å². The number of benzene rings is 2. The van der Waals surface area contributed by atoms with Crippen LogP contribution < -0.4 is 16.0 Å². The highest BCUT2D eigenvalue weighted by atomic mass is 16.5. The number of nitrogens with zero attached hydrogens (tertiary/aromatic N) is 3. The quantitative estimate of drug-likeness (QED) is 0.373. The highest BCUT2D eigenvalue weighted by molar-refractivity contribution is 6.22. The molecule has 0 aliphatic heterocycles. The molecule has 0 atom stereocenters. The third-order valence-electron chi connectivity index (χ3n) is 5.47. The maximum atomic E-state index is 12.8. The average molecular weight is 428 g/mol. The van der Waals surface area contributed by atoms with Crippen LogP contribution in [0.5, 0.6) is 5.75 Å².